The van der Waals surface area contributed by atoms with Gasteiger partial charge in [-0.1, -0.05) is 6.42 Å². The molecule has 0 radical (unpaired) electrons. The van der Waals surface area contributed by atoms with Gasteiger partial charge in [0.25, 0.3) is 0 Å². The molecule has 0 aromatic carbocycles. The zero-order valence-electron chi connectivity index (χ0n) is 11.8. The Morgan fingerprint density at radius 1 is 1.35 bits per heavy atom. The average molecular weight is 273 g/mol. The molecule has 0 amide bonds. The largest absolute Gasteiger partial charge is 0.357 e. The van der Waals surface area contributed by atoms with Gasteiger partial charge in [0.2, 0.25) is 17.8 Å². The van der Waals surface area contributed by atoms with Crippen LogP contribution in [0.2, 0.25) is 0 Å². The average Bonchev–Trinajstić information content (AvgIpc) is 2.96. The number of anilines is 2. The maximum Gasteiger partial charge on any atom is 0.241 e. The van der Waals surface area contributed by atoms with Crippen LogP contribution in [0.3, 0.4) is 0 Å². The fraction of sp³-hybridized carbons (Fsp3) is 0.538. The molecular formula is C13H19N7. The molecule has 0 spiro atoms. The van der Waals surface area contributed by atoms with E-state index < -0.39 is 0 Å². The van der Waals surface area contributed by atoms with Crippen molar-refractivity contribution in [2.24, 2.45) is 5.92 Å². The van der Waals surface area contributed by atoms with Crippen molar-refractivity contribution in [3.05, 3.63) is 18.7 Å². The third-order valence-electron chi connectivity index (χ3n) is 3.67. The topological polar surface area (TPSA) is 71.8 Å². The summed E-state index contributed by atoms with van der Waals surface area (Å²) in [6.45, 7) is 0.997. The molecule has 0 unspecified atom stereocenters. The van der Waals surface area contributed by atoms with Crippen LogP contribution in [0.15, 0.2) is 18.7 Å². The first-order valence-corrected chi connectivity index (χ1v) is 6.89. The van der Waals surface area contributed by atoms with Gasteiger partial charge < -0.3 is 10.2 Å². The molecule has 0 bridgehead atoms. The highest BCUT2D eigenvalue weighted by Gasteiger charge is 2.21. The highest BCUT2D eigenvalue weighted by molar-refractivity contribution is 5.39. The highest BCUT2D eigenvalue weighted by Crippen LogP contribution is 2.27. The molecule has 0 atom stereocenters. The lowest BCUT2D eigenvalue weighted by atomic mass is 9.85. The summed E-state index contributed by atoms with van der Waals surface area (Å²) in [5, 5.41) is 2.98. The normalized spacial score (nSPS) is 14.9. The van der Waals surface area contributed by atoms with E-state index in [-0.39, 0.29) is 0 Å². The minimum Gasteiger partial charge on any atom is -0.357 e. The maximum absolute atomic E-state index is 4.52. The highest BCUT2D eigenvalue weighted by atomic mass is 15.3. The Hall–Kier alpha value is -2.18. The molecule has 1 aliphatic carbocycles. The third kappa shape index (κ3) is 2.56. The van der Waals surface area contributed by atoms with Crippen molar-refractivity contribution in [1.82, 2.24) is 24.5 Å². The molecule has 7 nitrogen and oxygen atoms in total. The molecule has 0 saturated heterocycles. The van der Waals surface area contributed by atoms with Crippen LogP contribution in [-0.2, 0) is 0 Å². The van der Waals surface area contributed by atoms with Gasteiger partial charge in [0.15, 0.2) is 0 Å². The second-order valence-corrected chi connectivity index (χ2v) is 5.16. The summed E-state index contributed by atoms with van der Waals surface area (Å²) >= 11 is 0. The molecule has 2 aromatic heterocycles. The van der Waals surface area contributed by atoms with Gasteiger partial charge in [0, 0.05) is 33.0 Å². The van der Waals surface area contributed by atoms with Crippen LogP contribution < -0.4 is 10.2 Å². The molecule has 7 heteroatoms. The van der Waals surface area contributed by atoms with Gasteiger partial charge in [-0.25, -0.2) is 4.98 Å². The minimum absolute atomic E-state index is 0.569. The maximum atomic E-state index is 4.52. The zero-order chi connectivity index (χ0) is 13.9. The third-order valence-corrected chi connectivity index (χ3v) is 3.67. The number of hydrogen-bond donors (Lipinski definition) is 1. The molecule has 1 N–H and O–H groups in total. The number of nitrogens with zero attached hydrogens (tertiary/aromatic N) is 6. The Morgan fingerprint density at radius 3 is 2.80 bits per heavy atom. The van der Waals surface area contributed by atoms with Crippen LogP contribution in [0.25, 0.3) is 5.95 Å². The molecule has 0 aliphatic heterocycles. The van der Waals surface area contributed by atoms with E-state index >= 15 is 0 Å². The summed E-state index contributed by atoms with van der Waals surface area (Å²) in [5.74, 6) is 2.61. The Balaban J connectivity index is 1.87. The van der Waals surface area contributed by atoms with Crippen molar-refractivity contribution in [1.29, 1.82) is 0 Å². The lowest BCUT2D eigenvalue weighted by Gasteiger charge is -2.30. The van der Waals surface area contributed by atoms with Crippen molar-refractivity contribution in [3.8, 4) is 5.95 Å². The van der Waals surface area contributed by atoms with E-state index in [1.807, 2.05) is 20.3 Å². The van der Waals surface area contributed by atoms with E-state index in [2.05, 4.69) is 30.2 Å². The molecule has 3 rings (SSSR count). The van der Waals surface area contributed by atoms with E-state index in [1.54, 1.807) is 17.1 Å². The van der Waals surface area contributed by atoms with Gasteiger partial charge in [-0.05, 0) is 18.8 Å². The Bertz CT molecular complexity index is 562. The minimum atomic E-state index is 0.569. The van der Waals surface area contributed by atoms with Crippen molar-refractivity contribution in [3.63, 3.8) is 0 Å². The standard InChI is InChI=1S/C13H19N7/c1-14-11-16-12(19(2)8-10-4-3-5-10)18-13(17-11)20-7-6-15-9-20/h6-7,9-10H,3-5,8H2,1-2H3,(H,14,16,17,18). The molecule has 1 saturated carbocycles. The fourth-order valence-corrected chi connectivity index (χ4v) is 2.27. The second-order valence-electron chi connectivity index (χ2n) is 5.16. The van der Waals surface area contributed by atoms with Gasteiger partial charge in [0.1, 0.15) is 6.33 Å². The van der Waals surface area contributed by atoms with Gasteiger partial charge in [0.05, 0.1) is 0 Å². The number of aromatic nitrogens is 5. The summed E-state index contributed by atoms with van der Waals surface area (Å²) in [7, 11) is 3.84. The summed E-state index contributed by atoms with van der Waals surface area (Å²) in [6.07, 6.45) is 9.18. The van der Waals surface area contributed by atoms with Gasteiger partial charge in [-0.15, -0.1) is 0 Å². The van der Waals surface area contributed by atoms with Gasteiger partial charge in [-0.2, -0.15) is 15.0 Å². The Morgan fingerprint density at radius 2 is 2.20 bits per heavy atom. The van der Waals surface area contributed by atoms with E-state index in [0.717, 1.165) is 12.5 Å². The fourth-order valence-electron chi connectivity index (χ4n) is 2.27. The quantitative estimate of drug-likeness (QED) is 0.886. The molecule has 1 aliphatic rings. The van der Waals surface area contributed by atoms with Crippen LogP contribution in [-0.4, -0.2) is 45.1 Å². The van der Waals surface area contributed by atoms with E-state index in [4.69, 9.17) is 0 Å². The molecule has 1 fully saturated rings. The van der Waals surface area contributed by atoms with Crippen molar-refractivity contribution < 1.29 is 0 Å². The van der Waals surface area contributed by atoms with Gasteiger partial charge in [-0.3, -0.25) is 4.57 Å². The van der Waals surface area contributed by atoms with Gasteiger partial charge >= 0.3 is 0 Å². The smallest absolute Gasteiger partial charge is 0.241 e. The van der Waals surface area contributed by atoms with Crippen molar-refractivity contribution in [2.45, 2.75) is 19.3 Å². The predicted octanol–water partition coefficient (Wildman–Crippen LogP) is 1.34. The number of imidazole rings is 1. The Labute approximate surface area is 118 Å². The lowest BCUT2D eigenvalue weighted by Crippen LogP contribution is -2.31. The zero-order valence-corrected chi connectivity index (χ0v) is 11.8. The summed E-state index contributed by atoms with van der Waals surface area (Å²) in [5.41, 5.74) is 0. The SMILES string of the molecule is CNc1nc(N(C)CC2CCC2)nc(-n2ccnc2)n1. The number of rotatable bonds is 5. The lowest BCUT2D eigenvalue weighted by molar-refractivity contribution is 0.320. The molecule has 20 heavy (non-hydrogen) atoms. The molecule has 2 heterocycles. The van der Waals surface area contributed by atoms with Crippen molar-refractivity contribution >= 4 is 11.9 Å². The first-order chi connectivity index (χ1) is 9.76. The van der Waals surface area contributed by atoms with Crippen LogP contribution in [0.1, 0.15) is 19.3 Å². The number of hydrogen-bond acceptors (Lipinski definition) is 6. The van der Waals surface area contributed by atoms with Crippen molar-refractivity contribution in [2.75, 3.05) is 30.9 Å². The van der Waals surface area contributed by atoms with E-state index in [9.17, 15) is 0 Å². The molecular weight excluding hydrogens is 254 g/mol. The second kappa shape index (κ2) is 5.44. The van der Waals surface area contributed by atoms with E-state index in [1.165, 1.54) is 19.3 Å². The summed E-state index contributed by atoms with van der Waals surface area (Å²) < 4.78 is 1.78. The molecule has 106 valence electrons. The first kappa shape index (κ1) is 12.8. The van der Waals surface area contributed by atoms with Crippen LogP contribution in [0, 0.1) is 5.92 Å². The summed E-state index contributed by atoms with van der Waals surface area (Å²) in [6, 6.07) is 0. The number of nitrogens with one attached hydrogen (secondary N) is 1. The van der Waals surface area contributed by atoms with Crippen LogP contribution in [0.4, 0.5) is 11.9 Å². The molecule has 2 aromatic rings. The van der Waals surface area contributed by atoms with E-state index in [0.29, 0.717) is 17.8 Å². The van der Waals surface area contributed by atoms with Crippen LogP contribution in [0.5, 0.6) is 0 Å². The van der Waals surface area contributed by atoms with Crippen LogP contribution >= 0.6 is 0 Å². The first-order valence-electron chi connectivity index (χ1n) is 6.89. The summed E-state index contributed by atoms with van der Waals surface area (Å²) in [4.78, 5) is 19.4. The predicted molar refractivity (Wildman–Crippen MR) is 77.1 cm³/mol. The Kier molecular flexibility index (Phi) is 3.49. The monoisotopic (exact) mass is 273 g/mol.